The first-order chi connectivity index (χ1) is 7.25. The minimum Gasteiger partial charge on any atom is -0.361 e. The first-order valence-corrected chi connectivity index (χ1v) is 4.64. The van der Waals surface area contributed by atoms with Crippen LogP contribution in [0.4, 0.5) is 5.82 Å². The molecule has 2 rings (SSSR count). The largest absolute Gasteiger partial charge is 0.361 e. The second-order valence-corrected chi connectivity index (χ2v) is 3.23. The summed E-state index contributed by atoms with van der Waals surface area (Å²) in [5.41, 5.74) is 1.76. The summed E-state index contributed by atoms with van der Waals surface area (Å²) in [6, 6.07) is 0. The van der Waals surface area contributed by atoms with Crippen LogP contribution in [0.2, 0.25) is 0 Å². The minimum absolute atomic E-state index is 0.568. The molecule has 6 nitrogen and oxygen atoms in total. The maximum absolute atomic E-state index is 4.34. The maximum atomic E-state index is 4.34. The Bertz CT molecular complexity index is 436. The molecule has 0 saturated carbocycles. The maximum Gasteiger partial charge on any atom is 0.148 e. The predicted molar refractivity (Wildman–Crippen MR) is 55.2 cm³/mol. The fourth-order valence-corrected chi connectivity index (χ4v) is 1.19. The molecule has 0 aliphatic carbocycles. The summed E-state index contributed by atoms with van der Waals surface area (Å²) in [7, 11) is 0. The van der Waals surface area contributed by atoms with Gasteiger partial charge in [0.15, 0.2) is 0 Å². The van der Waals surface area contributed by atoms with Crippen molar-refractivity contribution in [3.8, 4) is 0 Å². The van der Waals surface area contributed by atoms with E-state index in [2.05, 4.69) is 30.5 Å². The highest BCUT2D eigenvalue weighted by Crippen LogP contribution is 2.08. The lowest BCUT2D eigenvalue weighted by molar-refractivity contribution is 0.933. The van der Waals surface area contributed by atoms with Crippen molar-refractivity contribution in [1.29, 1.82) is 0 Å². The minimum atomic E-state index is 0.568. The van der Waals surface area contributed by atoms with Crippen LogP contribution in [0.1, 0.15) is 17.2 Å². The van der Waals surface area contributed by atoms with Crippen LogP contribution in [0.25, 0.3) is 0 Å². The van der Waals surface area contributed by atoms with E-state index in [1.807, 2.05) is 13.8 Å². The monoisotopic (exact) mass is 204 g/mol. The van der Waals surface area contributed by atoms with Crippen LogP contribution < -0.4 is 5.32 Å². The summed E-state index contributed by atoms with van der Waals surface area (Å²) in [5.74, 6) is 1.56. The van der Waals surface area contributed by atoms with Crippen LogP contribution in [0.5, 0.6) is 0 Å². The van der Waals surface area contributed by atoms with Gasteiger partial charge in [-0.2, -0.15) is 5.10 Å². The highest BCUT2D eigenvalue weighted by molar-refractivity contribution is 5.39. The second-order valence-electron chi connectivity index (χ2n) is 3.23. The molecule has 0 fully saturated rings. The van der Waals surface area contributed by atoms with Gasteiger partial charge in [-0.05, 0) is 13.8 Å². The third-order valence-corrected chi connectivity index (χ3v) is 1.96. The number of nitrogens with one attached hydrogen (secondary N) is 2. The lowest BCUT2D eigenvalue weighted by Crippen LogP contribution is -2.06. The number of aromatic nitrogens is 5. The molecule has 0 unspecified atom stereocenters. The fourth-order valence-electron chi connectivity index (χ4n) is 1.19. The van der Waals surface area contributed by atoms with Crippen LogP contribution >= 0.6 is 0 Å². The number of aryl methyl sites for hydroxylation is 2. The number of hydrogen-bond donors (Lipinski definition) is 2. The van der Waals surface area contributed by atoms with Crippen molar-refractivity contribution in [1.82, 2.24) is 25.1 Å². The summed E-state index contributed by atoms with van der Waals surface area (Å²) in [6.45, 7) is 4.39. The summed E-state index contributed by atoms with van der Waals surface area (Å²) in [6.07, 6.45) is 3.22. The Kier molecular flexibility index (Phi) is 2.57. The zero-order valence-electron chi connectivity index (χ0n) is 8.65. The highest BCUT2D eigenvalue weighted by Gasteiger charge is 2.02. The third kappa shape index (κ3) is 2.28. The number of H-pyrrole nitrogens is 1. The Morgan fingerprint density at radius 3 is 2.93 bits per heavy atom. The molecule has 0 aromatic carbocycles. The average molecular weight is 204 g/mol. The van der Waals surface area contributed by atoms with Gasteiger partial charge in [-0.15, -0.1) is 0 Å². The number of hydrogen-bond acceptors (Lipinski definition) is 5. The highest BCUT2D eigenvalue weighted by atomic mass is 15.2. The van der Waals surface area contributed by atoms with Crippen molar-refractivity contribution < 1.29 is 0 Å². The van der Waals surface area contributed by atoms with Gasteiger partial charge in [0.05, 0.1) is 17.9 Å². The van der Waals surface area contributed by atoms with Gasteiger partial charge in [-0.1, -0.05) is 0 Å². The van der Waals surface area contributed by atoms with Gasteiger partial charge >= 0.3 is 0 Å². The molecule has 0 aliphatic heterocycles. The topological polar surface area (TPSA) is 79.4 Å². The van der Waals surface area contributed by atoms with Gasteiger partial charge < -0.3 is 5.32 Å². The molecule has 0 amide bonds. The van der Waals surface area contributed by atoms with Crippen molar-refractivity contribution >= 4 is 5.82 Å². The predicted octanol–water partition coefficient (Wildman–Crippen LogP) is 0.824. The molecule has 0 bridgehead atoms. The molecule has 2 aromatic heterocycles. The summed E-state index contributed by atoms with van der Waals surface area (Å²) in [5, 5.41) is 9.68. The van der Waals surface area contributed by atoms with Gasteiger partial charge in [-0.25, -0.2) is 9.97 Å². The fraction of sp³-hybridized carbons (Fsp3) is 0.333. The molecule has 78 valence electrons. The zero-order valence-corrected chi connectivity index (χ0v) is 8.65. The van der Waals surface area contributed by atoms with Crippen LogP contribution in [-0.4, -0.2) is 25.1 Å². The molecule has 2 N–H and O–H groups in total. The van der Waals surface area contributed by atoms with Crippen molar-refractivity contribution in [3.05, 3.63) is 29.7 Å². The molecule has 0 aliphatic rings. The zero-order chi connectivity index (χ0) is 10.7. The second kappa shape index (κ2) is 4.04. The van der Waals surface area contributed by atoms with Crippen molar-refractivity contribution in [2.45, 2.75) is 20.4 Å². The summed E-state index contributed by atoms with van der Waals surface area (Å²) >= 11 is 0. The van der Waals surface area contributed by atoms with Gasteiger partial charge in [-0.3, -0.25) is 10.1 Å². The van der Waals surface area contributed by atoms with Gasteiger partial charge in [0.1, 0.15) is 18.0 Å². The molecule has 0 atom stereocenters. The van der Waals surface area contributed by atoms with Gasteiger partial charge in [0.2, 0.25) is 0 Å². The lowest BCUT2D eigenvalue weighted by atomic mass is 10.4. The third-order valence-electron chi connectivity index (χ3n) is 1.96. The summed E-state index contributed by atoms with van der Waals surface area (Å²) < 4.78 is 0. The Hall–Kier alpha value is -1.98. The standard InChI is InChI=1S/C9H12N6/c1-6-3-10-7(2)9(14-6)11-4-8-12-5-13-15-8/h3,5H,4H2,1-2H3,(H,11,14)(H,12,13,15). The Morgan fingerprint density at radius 2 is 2.20 bits per heavy atom. The van der Waals surface area contributed by atoms with E-state index in [1.54, 1.807) is 6.20 Å². The molecule has 15 heavy (non-hydrogen) atoms. The van der Waals surface area contributed by atoms with Crippen molar-refractivity contribution in [3.63, 3.8) is 0 Å². The van der Waals surface area contributed by atoms with Crippen molar-refractivity contribution in [2.24, 2.45) is 0 Å². The SMILES string of the molecule is Cc1cnc(C)c(NCc2ncn[nH]2)n1. The van der Waals surface area contributed by atoms with Crippen LogP contribution in [-0.2, 0) is 6.54 Å². The number of aromatic amines is 1. The number of nitrogens with zero attached hydrogens (tertiary/aromatic N) is 4. The number of rotatable bonds is 3. The Balaban J connectivity index is 2.07. The molecular weight excluding hydrogens is 192 g/mol. The van der Waals surface area contributed by atoms with Gasteiger partial charge in [0, 0.05) is 6.20 Å². The molecule has 2 aromatic rings. The van der Waals surface area contributed by atoms with Crippen LogP contribution in [0.3, 0.4) is 0 Å². The van der Waals surface area contributed by atoms with E-state index < -0.39 is 0 Å². The van der Waals surface area contributed by atoms with E-state index in [0.29, 0.717) is 6.54 Å². The first kappa shape index (κ1) is 9.57. The normalized spacial score (nSPS) is 10.3. The van der Waals surface area contributed by atoms with Crippen LogP contribution in [0, 0.1) is 13.8 Å². The Labute approximate surface area is 87.2 Å². The van der Waals surface area contributed by atoms with Gasteiger partial charge in [0.25, 0.3) is 0 Å². The van der Waals surface area contributed by atoms with E-state index >= 15 is 0 Å². The molecule has 0 saturated heterocycles. The van der Waals surface area contributed by atoms with E-state index in [-0.39, 0.29) is 0 Å². The first-order valence-electron chi connectivity index (χ1n) is 4.64. The molecule has 0 radical (unpaired) electrons. The Morgan fingerprint density at radius 1 is 1.33 bits per heavy atom. The molecule has 0 spiro atoms. The van der Waals surface area contributed by atoms with E-state index in [1.165, 1.54) is 6.33 Å². The molecular formula is C9H12N6. The van der Waals surface area contributed by atoms with Crippen LogP contribution in [0.15, 0.2) is 12.5 Å². The smallest absolute Gasteiger partial charge is 0.148 e. The number of anilines is 1. The average Bonchev–Trinajstić information content (AvgIpc) is 2.72. The molecule has 6 heteroatoms. The van der Waals surface area contributed by atoms with Crippen molar-refractivity contribution in [2.75, 3.05) is 5.32 Å². The molecule has 2 heterocycles. The lowest BCUT2D eigenvalue weighted by Gasteiger charge is -2.06. The van der Waals surface area contributed by atoms with E-state index in [9.17, 15) is 0 Å². The quantitative estimate of drug-likeness (QED) is 0.773. The van der Waals surface area contributed by atoms with E-state index in [0.717, 1.165) is 23.0 Å². The summed E-state index contributed by atoms with van der Waals surface area (Å²) in [4.78, 5) is 12.5. The van der Waals surface area contributed by atoms with E-state index in [4.69, 9.17) is 0 Å².